The van der Waals surface area contributed by atoms with E-state index in [1.807, 2.05) is 31.2 Å². The van der Waals surface area contributed by atoms with Crippen LogP contribution in [0.2, 0.25) is 0 Å². The molecule has 1 saturated heterocycles. The van der Waals surface area contributed by atoms with Crippen LogP contribution >= 0.6 is 23.6 Å². The molecule has 6 heteroatoms. The van der Waals surface area contributed by atoms with Crippen LogP contribution in [0.15, 0.2) is 40.6 Å². The van der Waals surface area contributed by atoms with Gasteiger partial charge in [-0.3, -0.25) is 9.69 Å². The average molecular weight is 304 g/mol. The summed E-state index contributed by atoms with van der Waals surface area (Å²) in [5.41, 5.74) is 0.503. The molecule has 2 aromatic rings. The number of nitrogens with one attached hydrogen (secondary N) is 1. The van der Waals surface area contributed by atoms with Crippen molar-refractivity contribution in [3.05, 3.63) is 51.7 Å². The molecule has 1 fully saturated rings. The number of thiocarbonyl (C=S) groups is 1. The number of carbonyl (C=O) groups is 1. The SMILES string of the molecule is Cc1ccc(/C=C2/NC(=S)N(Cc3ccco3)C2=O)s1. The molecule has 102 valence electrons. The highest BCUT2D eigenvalue weighted by Gasteiger charge is 2.31. The first-order chi connectivity index (χ1) is 9.63. The van der Waals surface area contributed by atoms with Crippen LogP contribution in [0.3, 0.4) is 0 Å². The third-order valence-electron chi connectivity index (χ3n) is 2.90. The normalized spacial score (nSPS) is 17.1. The van der Waals surface area contributed by atoms with E-state index in [1.165, 1.54) is 9.78 Å². The average Bonchev–Trinajstić information content (AvgIpc) is 3.10. The van der Waals surface area contributed by atoms with Crippen molar-refractivity contribution in [2.75, 3.05) is 0 Å². The number of nitrogens with zero attached hydrogens (tertiary/aromatic N) is 1. The zero-order valence-electron chi connectivity index (χ0n) is 10.8. The van der Waals surface area contributed by atoms with E-state index < -0.39 is 0 Å². The summed E-state index contributed by atoms with van der Waals surface area (Å²) in [6.45, 7) is 2.38. The molecule has 0 radical (unpaired) electrons. The number of rotatable bonds is 3. The Morgan fingerprint density at radius 2 is 2.30 bits per heavy atom. The molecule has 2 aromatic heterocycles. The van der Waals surface area contributed by atoms with Gasteiger partial charge in [0.15, 0.2) is 5.11 Å². The predicted octanol–water partition coefficient (Wildman–Crippen LogP) is 2.91. The highest BCUT2D eigenvalue weighted by Crippen LogP contribution is 2.21. The van der Waals surface area contributed by atoms with Crippen LogP contribution in [0, 0.1) is 6.92 Å². The first kappa shape index (κ1) is 13.1. The fourth-order valence-corrected chi connectivity index (χ4v) is 3.02. The Kier molecular flexibility index (Phi) is 3.42. The maximum absolute atomic E-state index is 12.3. The second-order valence-electron chi connectivity index (χ2n) is 4.41. The van der Waals surface area contributed by atoms with Gasteiger partial charge in [0, 0.05) is 9.75 Å². The van der Waals surface area contributed by atoms with E-state index in [0.717, 1.165) is 4.88 Å². The molecule has 0 bridgehead atoms. The Morgan fingerprint density at radius 3 is 2.95 bits per heavy atom. The molecule has 3 rings (SSSR count). The molecule has 0 aliphatic carbocycles. The van der Waals surface area contributed by atoms with E-state index in [4.69, 9.17) is 16.6 Å². The van der Waals surface area contributed by atoms with E-state index in [1.54, 1.807) is 23.7 Å². The Labute approximate surface area is 125 Å². The van der Waals surface area contributed by atoms with Gasteiger partial charge in [-0.25, -0.2) is 0 Å². The molecule has 20 heavy (non-hydrogen) atoms. The molecular formula is C14H12N2O2S2. The Bertz CT molecular complexity index is 686. The number of amides is 1. The maximum atomic E-state index is 12.3. The van der Waals surface area contributed by atoms with E-state index in [9.17, 15) is 4.79 Å². The Morgan fingerprint density at radius 1 is 1.45 bits per heavy atom. The lowest BCUT2D eigenvalue weighted by Crippen LogP contribution is -2.29. The van der Waals surface area contributed by atoms with Crippen LogP contribution < -0.4 is 5.32 Å². The Balaban J connectivity index is 1.81. The van der Waals surface area contributed by atoms with Crippen molar-refractivity contribution in [3.8, 4) is 0 Å². The molecule has 0 aromatic carbocycles. The first-order valence-electron chi connectivity index (χ1n) is 6.07. The summed E-state index contributed by atoms with van der Waals surface area (Å²) in [6, 6.07) is 7.62. The highest BCUT2D eigenvalue weighted by molar-refractivity contribution is 7.80. The third-order valence-corrected chi connectivity index (χ3v) is 4.17. The van der Waals surface area contributed by atoms with Crippen LogP contribution in [0.5, 0.6) is 0 Å². The van der Waals surface area contributed by atoms with Gasteiger partial charge in [-0.05, 0) is 49.5 Å². The number of hydrogen-bond donors (Lipinski definition) is 1. The molecule has 0 saturated carbocycles. The molecular weight excluding hydrogens is 292 g/mol. The number of aryl methyl sites for hydroxylation is 1. The largest absolute Gasteiger partial charge is 0.467 e. The van der Waals surface area contributed by atoms with Gasteiger partial charge in [0.1, 0.15) is 11.5 Å². The van der Waals surface area contributed by atoms with Crippen LogP contribution in [-0.4, -0.2) is 15.9 Å². The molecule has 1 amide bonds. The third kappa shape index (κ3) is 2.52. The van der Waals surface area contributed by atoms with Gasteiger partial charge in [0.2, 0.25) is 0 Å². The smallest absolute Gasteiger partial charge is 0.276 e. The topological polar surface area (TPSA) is 45.5 Å². The maximum Gasteiger partial charge on any atom is 0.276 e. The lowest BCUT2D eigenvalue weighted by molar-refractivity contribution is -0.122. The van der Waals surface area contributed by atoms with Crippen LogP contribution in [0.1, 0.15) is 15.5 Å². The fourth-order valence-electron chi connectivity index (χ4n) is 1.95. The summed E-state index contributed by atoms with van der Waals surface area (Å²) in [5.74, 6) is 0.577. The summed E-state index contributed by atoms with van der Waals surface area (Å²) in [4.78, 5) is 16.1. The van der Waals surface area contributed by atoms with Gasteiger partial charge >= 0.3 is 0 Å². The second kappa shape index (κ2) is 5.22. The number of hydrogen-bond acceptors (Lipinski definition) is 4. The van der Waals surface area contributed by atoms with Gasteiger partial charge in [0.25, 0.3) is 5.91 Å². The van der Waals surface area contributed by atoms with Crippen LogP contribution in [0.25, 0.3) is 6.08 Å². The molecule has 1 N–H and O–H groups in total. The minimum atomic E-state index is -0.127. The summed E-state index contributed by atoms with van der Waals surface area (Å²) < 4.78 is 5.25. The minimum Gasteiger partial charge on any atom is -0.467 e. The first-order valence-corrected chi connectivity index (χ1v) is 7.29. The van der Waals surface area contributed by atoms with Gasteiger partial charge in [0.05, 0.1) is 12.8 Å². The highest BCUT2D eigenvalue weighted by atomic mass is 32.1. The van der Waals surface area contributed by atoms with E-state index in [2.05, 4.69) is 5.32 Å². The van der Waals surface area contributed by atoms with Crippen molar-refractivity contribution in [1.29, 1.82) is 0 Å². The van der Waals surface area contributed by atoms with Crippen molar-refractivity contribution in [1.82, 2.24) is 10.2 Å². The molecule has 4 nitrogen and oxygen atoms in total. The zero-order chi connectivity index (χ0) is 14.1. The zero-order valence-corrected chi connectivity index (χ0v) is 12.4. The summed E-state index contributed by atoms with van der Waals surface area (Å²) in [6.07, 6.45) is 3.41. The predicted molar refractivity (Wildman–Crippen MR) is 82.0 cm³/mol. The minimum absolute atomic E-state index is 0.127. The van der Waals surface area contributed by atoms with E-state index >= 15 is 0 Å². The molecule has 1 aliphatic rings. The lowest BCUT2D eigenvalue weighted by Gasteiger charge is -2.11. The number of thiophene rings is 1. The summed E-state index contributed by atoms with van der Waals surface area (Å²) in [5, 5.41) is 3.37. The summed E-state index contributed by atoms with van der Waals surface area (Å²) in [7, 11) is 0. The lowest BCUT2D eigenvalue weighted by atomic mass is 10.3. The molecule has 0 atom stereocenters. The molecule has 0 spiro atoms. The molecule has 0 unspecified atom stereocenters. The van der Waals surface area contributed by atoms with E-state index in [0.29, 0.717) is 23.1 Å². The summed E-state index contributed by atoms with van der Waals surface area (Å²) >= 11 is 6.84. The van der Waals surface area contributed by atoms with Crippen molar-refractivity contribution in [3.63, 3.8) is 0 Å². The fraction of sp³-hybridized carbons (Fsp3) is 0.143. The number of furan rings is 1. The molecule has 3 heterocycles. The standard InChI is InChI=1S/C14H12N2O2S2/c1-9-4-5-11(20-9)7-12-13(17)16(14(19)15-12)8-10-3-2-6-18-10/h2-7H,8H2,1H3,(H,15,19)/b12-7+. The Hall–Kier alpha value is -1.92. The van der Waals surface area contributed by atoms with Gasteiger partial charge in [-0.15, -0.1) is 11.3 Å². The monoisotopic (exact) mass is 304 g/mol. The van der Waals surface area contributed by atoms with Crippen molar-refractivity contribution in [2.24, 2.45) is 0 Å². The quantitative estimate of drug-likeness (QED) is 0.699. The van der Waals surface area contributed by atoms with Crippen LogP contribution in [0.4, 0.5) is 0 Å². The van der Waals surface area contributed by atoms with Gasteiger partial charge in [-0.2, -0.15) is 0 Å². The van der Waals surface area contributed by atoms with Crippen molar-refractivity contribution >= 4 is 40.7 Å². The van der Waals surface area contributed by atoms with Gasteiger partial charge < -0.3 is 9.73 Å². The van der Waals surface area contributed by atoms with Crippen LogP contribution in [-0.2, 0) is 11.3 Å². The number of carbonyl (C=O) groups excluding carboxylic acids is 1. The molecule has 1 aliphatic heterocycles. The second-order valence-corrected chi connectivity index (χ2v) is 6.11. The van der Waals surface area contributed by atoms with Crippen molar-refractivity contribution < 1.29 is 9.21 Å². The van der Waals surface area contributed by atoms with Gasteiger partial charge in [-0.1, -0.05) is 0 Å². The van der Waals surface area contributed by atoms with Crippen molar-refractivity contribution in [2.45, 2.75) is 13.5 Å². The van der Waals surface area contributed by atoms with E-state index in [-0.39, 0.29) is 5.91 Å².